The molecule has 0 radical (unpaired) electrons. The van der Waals surface area contributed by atoms with E-state index in [9.17, 15) is 0 Å². The van der Waals surface area contributed by atoms with Gasteiger partial charge in [0.2, 0.25) is 0 Å². The average molecular weight is 201 g/mol. The van der Waals surface area contributed by atoms with Gasteiger partial charge < -0.3 is 10.5 Å². The van der Waals surface area contributed by atoms with E-state index in [0.717, 1.165) is 0 Å². The van der Waals surface area contributed by atoms with Crippen LogP contribution < -0.4 is 5.73 Å². The highest BCUT2D eigenvalue weighted by Gasteiger charge is 1.94. The summed E-state index contributed by atoms with van der Waals surface area (Å²) in [5.41, 5.74) is 5.31. The maximum absolute atomic E-state index is 5.33. The van der Waals surface area contributed by atoms with Gasteiger partial charge in [0, 0.05) is 11.3 Å². The van der Waals surface area contributed by atoms with Gasteiger partial charge in [0.05, 0.1) is 18.2 Å². The summed E-state index contributed by atoms with van der Waals surface area (Å²) in [7, 11) is 0. The Labute approximate surface area is 81.3 Å². The molecule has 2 N–H and O–H groups in total. The average Bonchev–Trinajstić information content (AvgIpc) is 2.49. The zero-order valence-corrected chi connectivity index (χ0v) is 8.29. The highest BCUT2D eigenvalue weighted by molar-refractivity contribution is 7.80. The molecule has 0 atom stereocenters. The van der Waals surface area contributed by atoms with Crippen molar-refractivity contribution in [3.63, 3.8) is 0 Å². The summed E-state index contributed by atoms with van der Waals surface area (Å²) in [6.07, 6.45) is 0.667. The van der Waals surface area contributed by atoms with Crippen LogP contribution in [0, 0.1) is 0 Å². The first-order valence-corrected chi connectivity index (χ1v) is 4.96. The highest BCUT2D eigenvalue weighted by atomic mass is 32.1. The third kappa shape index (κ3) is 3.80. The molecule has 0 unspecified atom stereocenters. The molecule has 1 aromatic rings. The molecule has 0 bridgehead atoms. The van der Waals surface area contributed by atoms with Crippen molar-refractivity contribution in [3.8, 4) is 0 Å². The number of hydrogen-bond acceptors (Lipinski definition) is 3. The standard InChI is InChI=1S/C8H11NOS2/c9-8(11)3-4-10-6-7-2-1-5-12-7/h1-2,5H,3-4,6H2,(H2,9,11). The number of thiocarbonyl (C=S) groups is 1. The molecular weight excluding hydrogens is 190 g/mol. The quantitative estimate of drug-likeness (QED) is 0.584. The molecule has 0 saturated heterocycles. The van der Waals surface area contributed by atoms with Crippen molar-refractivity contribution < 1.29 is 4.74 Å². The first-order chi connectivity index (χ1) is 5.79. The third-order valence-corrected chi connectivity index (χ3v) is 2.37. The van der Waals surface area contributed by atoms with E-state index in [4.69, 9.17) is 22.7 Å². The summed E-state index contributed by atoms with van der Waals surface area (Å²) in [4.78, 5) is 1.75. The molecule has 0 aromatic carbocycles. The Bertz CT molecular complexity index is 233. The molecule has 1 aromatic heterocycles. The zero-order chi connectivity index (χ0) is 8.81. The third-order valence-electron chi connectivity index (χ3n) is 1.32. The summed E-state index contributed by atoms with van der Waals surface area (Å²) >= 11 is 6.40. The monoisotopic (exact) mass is 201 g/mol. The lowest BCUT2D eigenvalue weighted by Crippen LogP contribution is -2.10. The lowest BCUT2D eigenvalue weighted by molar-refractivity contribution is 0.130. The van der Waals surface area contributed by atoms with Crippen molar-refractivity contribution in [1.29, 1.82) is 0 Å². The molecule has 66 valence electrons. The summed E-state index contributed by atoms with van der Waals surface area (Å²) in [6.45, 7) is 1.29. The topological polar surface area (TPSA) is 35.2 Å². The predicted molar refractivity (Wildman–Crippen MR) is 55.4 cm³/mol. The van der Waals surface area contributed by atoms with Gasteiger partial charge in [-0.3, -0.25) is 0 Å². The van der Waals surface area contributed by atoms with Crippen molar-refractivity contribution in [1.82, 2.24) is 0 Å². The van der Waals surface area contributed by atoms with Crippen molar-refractivity contribution in [3.05, 3.63) is 22.4 Å². The second-order valence-corrected chi connectivity index (χ2v) is 3.90. The summed E-state index contributed by atoms with van der Waals surface area (Å²) in [6, 6.07) is 4.06. The zero-order valence-electron chi connectivity index (χ0n) is 6.66. The summed E-state index contributed by atoms with van der Waals surface area (Å²) in [5.74, 6) is 0. The van der Waals surface area contributed by atoms with Crippen LogP contribution in [0.25, 0.3) is 0 Å². The van der Waals surface area contributed by atoms with E-state index in [2.05, 4.69) is 0 Å². The number of hydrogen-bond donors (Lipinski definition) is 1. The van der Waals surface area contributed by atoms with Crippen molar-refractivity contribution in [2.24, 2.45) is 5.73 Å². The van der Waals surface area contributed by atoms with Crippen LogP contribution in [-0.2, 0) is 11.3 Å². The van der Waals surface area contributed by atoms with Crippen LogP contribution in [0.3, 0.4) is 0 Å². The van der Waals surface area contributed by atoms with Crippen LogP contribution in [0.5, 0.6) is 0 Å². The van der Waals surface area contributed by atoms with Gasteiger partial charge >= 0.3 is 0 Å². The minimum absolute atomic E-state index is 0.515. The summed E-state index contributed by atoms with van der Waals surface area (Å²) in [5, 5.41) is 2.03. The van der Waals surface area contributed by atoms with Crippen molar-refractivity contribution in [2.45, 2.75) is 13.0 Å². The lowest BCUT2D eigenvalue weighted by atomic mass is 10.4. The molecule has 0 aliphatic rings. The van der Waals surface area contributed by atoms with Gasteiger partial charge in [0.1, 0.15) is 0 Å². The van der Waals surface area contributed by atoms with Crippen LogP contribution in [0.4, 0.5) is 0 Å². The molecule has 0 spiro atoms. The van der Waals surface area contributed by atoms with Crippen LogP contribution in [0.2, 0.25) is 0 Å². The molecule has 0 saturated carbocycles. The fourth-order valence-electron chi connectivity index (χ4n) is 0.740. The lowest BCUT2D eigenvalue weighted by Gasteiger charge is -2.00. The van der Waals surface area contributed by atoms with Gasteiger partial charge in [0.15, 0.2) is 0 Å². The van der Waals surface area contributed by atoms with Crippen molar-refractivity contribution >= 4 is 28.5 Å². The SMILES string of the molecule is NC(=S)CCOCc1cccs1. The van der Waals surface area contributed by atoms with E-state index < -0.39 is 0 Å². The van der Waals surface area contributed by atoms with E-state index in [0.29, 0.717) is 24.6 Å². The number of nitrogens with two attached hydrogens (primary N) is 1. The Morgan fingerprint density at radius 3 is 3.08 bits per heavy atom. The van der Waals surface area contributed by atoms with E-state index >= 15 is 0 Å². The normalized spacial score (nSPS) is 10.0. The second-order valence-electron chi connectivity index (χ2n) is 2.35. The molecule has 12 heavy (non-hydrogen) atoms. The molecule has 0 fully saturated rings. The molecule has 0 aliphatic carbocycles. The molecule has 2 nitrogen and oxygen atoms in total. The van der Waals surface area contributed by atoms with Gasteiger partial charge in [-0.15, -0.1) is 11.3 Å². The maximum atomic E-state index is 5.33. The molecule has 1 rings (SSSR count). The smallest absolute Gasteiger partial charge is 0.0809 e. The van der Waals surface area contributed by atoms with Crippen molar-refractivity contribution in [2.75, 3.05) is 6.61 Å². The minimum atomic E-state index is 0.515. The first-order valence-electron chi connectivity index (χ1n) is 3.67. The Kier molecular flexibility index (Phi) is 4.21. The van der Waals surface area contributed by atoms with E-state index in [-0.39, 0.29) is 0 Å². The van der Waals surface area contributed by atoms with Crippen LogP contribution in [0.15, 0.2) is 17.5 Å². The largest absolute Gasteiger partial charge is 0.393 e. The van der Waals surface area contributed by atoms with Gasteiger partial charge in [-0.2, -0.15) is 0 Å². The van der Waals surface area contributed by atoms with E-state index in [1.54, 1.807) is 11.3 Å². The number of thiophene rings is 1. The van der Waals surface area contributed by atoms with Gasteiger partial charge in [-0.25, -0.2) is 0 Å². The fraction of sp³-hybridized carbons (Fsp3) is 0.375. The number of rotatable bonds is 5. The van der Waals surface area contributed by atoms with Gasteiger partial charge in [-0.1, -0.05) is 18.3 Å². The molecule has 4 heteroatoms. The van der Waals surface area contributed by atoms with E-state index in [1.165, 1.54) is 4.88 Å². The first kappa shape index (κ1) is 9.64. The highest BCUT2D eigenvalue weighted by Crippen LogP contribution is 2.09. The Balaban J connectivity index is 2.07. The molecule has 0 aliphatic heterocycles. The Morgan fingerprint density at radius 1 is 1.67 bits per heavy atom. The predicted octanol–water partition coefficient (Wildman–Crippen LogP) is 1.94. The minimum Gasteiger partial charge on any atom is -0.393 e. The van der Waals surface area contributed by atoms with E-state index in [1.807, 2.05) is 17.5 Å². The Morgan fingerprint density at radius 2 is 2.50 bits per heavy atom. The fourth-order valence-corrected chi connectivity index (χ4v) is 1.46. The maximum Gasteiger partial charge on any atom is 0.0809 e. The molecule has 1 heterocycles. The van der Waals surface area contributed by atoms with Crippen LogP contribution >= 0.6 is 23.6 Å². The van der Waals surface area contributed by atoms with Gasteiger partial charge in [0.25, 0.3) is 0 Å². The summed E-state index contributed by atoms with van der Waals surface area (Å²) < 4.78 is 5.33. The van der Waals surface area contributed by atoms with Crippen LogP contribution in [-0.4, -0.2) is 11.6 Å². The Hall–Kier alpha value is -0.450. The molecule has 0 amide bonds. The van der Waals surface area contributed by atoms with Crippen LogP contribution in [0.1, 0.15) is 11.3 Å². The second kappa shape index (κ2) is 5.24. The molecular formula is C8H11NOS2. The number of ether oxygens (including phenoxy) is 1. The van der Waals surface area contributed by atoms with Gasteiger partial charge in [-0.05, 0) is 11.4 Å².